The average molecular weight is 390 g/mol. The van der Waals surface area contributed by atoms with Crippen molar-refractivity contribution in [3.8, 4) is 0 Å². The minimum absolute atomic E-state index is 0.221. The van der Waals surface area contributed by atoms with Crippen molar-refractivity contribution in [2.24, 2.45) is 0 Å². The van der Waals surface area contributed by atoms with E-state index in [0.717, 1.165) is 11.1 Å². The molecule has 27 heavy (non-hydrogen) atoms. The van der Waals surface area contributed by atoms with Gasteiger partial charge in [-0.05, 0) is 18.1 Å². The van der Waals surface area contributed by atoms with Crippen LogP contribution in [0.3, 0.4) is 0 Å². The van der Waals surface area contributed by atoms with Crippen LogP contribution in [0.2, 0.25) is 0 Å². The smallest absolute Gasteiger partial charge is 0.409 e. The molecular formula is C21H24ClNO4. The monoisotopic (exact) mass is 389 g/mol. The molecule has 2 rings (SSSR count). The maximum Gasteiger partial charge on any atom is 0.409 e. The third-order valence-electron chi connectivity index (χ3n) is 4.16. The number of carbonyl (C=O) groups excluding carboxylic acids is 2. The van der Waals surface area contributed by atoms with Crippen LogP contribution in [-0.4, -0.2) is 42.6 Å². The highest BCUT2D eigenvalue weighted by molar-refractivity contribution is 6.30. The summed E-state index contributed by atoms with van der Waals surface area (Å²) in [5.41, 5.74) is 1.81. The van der Waals surface area contributed by atoms with Crippen molar-refractivity contribution >= 4 is 23.7 Å². The lowest BCUT2D eigenvalue weighted by molar-refractivity contribution is -0.143. The van der Waals surface area contributed by atoms with Crippen molar-refractivity contribution in [3.05, 3.63) is 71.8 Å². The number of halogens is 1. The van der Waals surface area contributed by atoms with Gasteiger partial charge < -0.3 is 14.4 Å². The fraction of sp³-hybridized carbons (Fsp3) is 0.333. The number of hydrogen-bond acceptors (Lipinski definition) is 4. The van der Waals surface area contributed by atoms with E-state index in [1.165, 1.54) is 7.11 Å². The molecule has 0 radical (unpaired) electrons. The number of rotatable bonds is 8. The number of esters is 1. The van der Waals surface area contributed by atoms with E-state index in [0.29, 0.717) is 6.54 Å². The number of amides is 1. The molecule has 0 spiro atoms. The number of ether oxygens (including phenoxy) is 2. The molecule has 0 aliphatic rings. The number of hydrogen-bond donors (Lipinski definition) is 0. The van der Waals surface area contributed by atoms with E-state index in [-0.39, 0.29) is 13.2 Å². The van der Waals surface area contributed by atoms with Gasteiger partial charge in [-0.2, -0.15) is 0 Å². The Morgan fingerprint density at radius 2 is 1.63 bits per heavy atom. The van der Waals surface area contributed by atoms with Gasteiger partial charge in [0.15, 0.2) is 0 Å². The highest BCUT2D eigenvalue weighted by Gasteiger charge is 2.32. The second-order valence-corrected chi connectivity index (χ2v) is 6.48. The van der Waals surface area contributed by atoms with Crippen LogP contribution in [0.5, 0.6) is 0 Å². The van der Waals surface area contributed by atoms with Crippen molar-refractivity contribution in [2.45, 2.75) is 24.8 Å². The van der Waals surface area contributed by atoms with Gasteiger partial charge in [-0.3, -0.25) is 4.79 Å². The minimum atomic E-state index is -0.921. The van der Waals surface area contributed by atoms with Gasteiger partial charge in [-0.1, -0.05) is 60.7 Å². The number of nitrogens with zero attached hydrogens (tertiary/aromatic N) is 1. The molecule has 0 aliphatic carbocycles. The number of carbonyl (C=O) groups is 2. The molecule has 2 atom stereocenters. The Balaban J connectivity index is 2.28. The van der Waals surface area contributed by atoms with E-state index in [1.807, 2.05) is 60.7 Å². The summed E-state index contributed by atoms with van der Waals surface area (Å²) in [5, 5.41) is -0.921. The number of methoxy groups -OCH3 is 1. The Hall–Kier alpha value is -2.53. The van der Waals surface area contributed by atoms with Crippen LogP contribution in [0.1, 0.15) is 24.0 Å². The summed E-state index contributed by atoms with van der Waals surface area (Å²) in [5.74, 6) is -0.938. The van der Waals surface area contributed by atoms with Gasteiger partial charge in [0, 0.05) is 19.0 Å². The Bertz CT molecular complexity index is 723. The molecule has 2 aromatic rings. The standard InChI is InChI=1S/C21H24ClNO4/c1-3-27-20(24)19(22)18(17-12-8-5-9-13-17)15-23(21(25)26-2)14-16-10-6-4-7-11-16/h4-13,18-19H,3,14-15H2,1-2H3/t18-,19+/m0/s1. The van der Waals surface area contributed by atoms with Crippen LogP contribution >= 0.6 is 11.6 Å². The van der Waals surface area contributed by atoms with Crippen LogP contribution in [0, 0.1) is 0 Å². The Labute approximate surface area is 164 Å². The summed E-state index contributed by atoms with van der Waals surface area (Å²) in [6.45, 7) is 2.55. The lowest BCUT2D eigenvalue weighted by atomic mass is 9.94. The van der Waals surface area contributed by atoms with Crippen molar-refractivity contribution in [2.75, 3.05) is 20.3 Å². The summed E-state index contributed by atoms with van der Waals surface area (Å²) in [7, 11) is 1.33. The van der Waals surface area contributed by atoms with E-state index in [4.69, 9.17) is 21.1 Å². The van der Waals surface area contributed by atoms with Gasteiger partial charge in [0.2, 0.25) is 0 Å². The first-order valence-electron chi connectivity index (χ1n) is 8.79. The topological polar surface area (TPSA) is 55.8 Å². The Morgan fingerprint density at radius 1 is 1.04 bits per heavy atom. The molecule has 0 fully saturated rings. The van der Waals surface area contributed by atoms with E-state index in [2.05, 4.69) is 0 Å². The van der Waals surface area contributed by atoms with Crippen LogP contribution in [-0.2, 0) is 20.8 Å². The summed E-state index contributed by atoms with van der Waals surface area (Å²) < 4.78 is 10.0. The molecule has 144 valence electrons. The highest BCUT2D eigenvalue weighted by atomic mass is 35.5. The summed E-state index contributed by atoms with van der Waals surface area (Å²) in [6.07, 6.45) is -0.479. The molecule has 0 heterocycles. The Morgan fingerprint density at radius 3 is 2.19 bits per heavy atom. The van der Waals surface area contributed by atoms with Crippen LogP contribution in [0.25, 0.3) is 0 Å². The molecule has 0 saturated carbocycles. The van der Waals surface area contributed by atoms with Crippen molar-refractivity contribution in [3.63, 3.8) is 0 Å². The number of alkyl halides is 1. The first kappa shape index (κ1) is 20.8. The lowest BCUT2D eigenvalue weighted by Crippen LogP contribution is -2.38. The van der Waals surface area contributed by atoms with Crippen molar-refractivity contribution < 1.29 is 19.1 Å². The van der Waals surface area contributed by atoms with Gasteiger partial charge in [-0.25, -0.2) is 4.79 Å². The molecule has 0 unspecified atom stereocenters. The molecule has 0 aliphatic heterocycles. The van der Waals surface area contributed by atoms with Gasteiger partial charge in [0.05, 0.1) is 13.7 Å². The molecule has 0 aromatic heterocycles. The maximum atomic E-state index is 12.3. The van der Waals surface area contributed by atoms with Crippen LogP contribution in [0.4, 0.5) is 4.79 Å². The van der Waals surface area contributed by atoms with Gasteiger partial charge in [0.1, 0.15) is 5.38 Å². The quantitative estimate of drug-likeness (QED) is 0.501. The third kappa shape index (κ3) is 6.00. The lowest BCUT2D eigenvalue weighted by Gasteiger charge is -2.29. The van der Waals surface area contributed by atoms with Crippen molar-refractivity contribution in [1.82, 2.24) is 4.90 Å². The average Bonchev–Trinajstić information content (AvgIpc) is 2.71. The second kappa shape index (κ2) is 10.6. The summed E-state index contributed by atoms with van der Waals surface area (Å²) >= 11 is 6.45. The van der Waals surface area contributed by atoms with Gasteiger partial charge in [-0.15, -0.1) is 11.6 Å². The molecule has 1 amide bonds. The largest absolute Gasteiger partial charge is 0.465 e. The van der Waals surface area contributed by atoms with E-state index >= 15 is 0 Å². The van der Waals surface area contributed by atoms with E-state index in [9.17, 15) is 9.59 Å². The number of benzene rings is 2. The van der Waals surface area contributed by atoms with Crippen LogP contribution in [0.15, 0.2) is 60.7 Å². The molecule has 0 N–H and O–H groups in total. The SMILES string of the molecule is CCOC(=O)[C@H](Cl)[C@@H](CN(Cc1ccccc1)C(=O)OC)c1ccccc1. The molecule has 0 saturated heterocycles. The molecule has 5 nitrogen and oxygen atoms in total. The van der Waals surface area contributed by atoms with Gasteiger partial charge >= 0.3 is 12.1 Å². The predicted octanol–water partition coefficient (Wildman–Crippen LogP) is 4.21. The van der Waals surface area contributed by atoms with E-state index < -0.39 is 23.4 Å². The molecule has 6 heteroatoms. The summed E-state index contributed by atoms with van der Waals surface area (Å²) in [4.78, 5) is 26.1. The molecular weight excluding hydrogens is 366 g/mol. The third-order valence-corrected chi connectivity index (χ3v) is 4.64. The first-order valence-corrected chi connectivity index (χ1v) is 9.23. The molecule has 2 aromatic carbocycles. The second-order valence-electron chi connectivity index (χ2n) is 6.01. The maximum absolute atomic E-state index is 12.3. The van der Waals surface area contributed by atoms with Crippen molar-refractivity contribution in [1.29, 1.82) is 0 Å². The minimum Gasteiger partial charge on any atom is -0.465 e. The predicted molar refractivity (Wildman–Crippen MR) is 105 cm³/mol. The molecule has 0 bridgehead atoms. The Kier molecular flexibility index (Phi) is 8.14. The van der Waals surface area contributed by atoms with Gasteiger partial charge in [0.25, 0.3) is 0 Å². The zero-order valence-electron chi connectivity index (χ0n) is 15.5. The fourth-order valence-corrected chi connectivity index (χ4v) is 3.12. The zero-order valence-corrected chi connectivity index (χ0v) is 16.3. The fourth-order valence-electron chi connectivity index (χ4n) is 2.83. The summed E-state index contributed by atoms with van der Waals surface area (Å²) in [6, 6.07) is 19.0. The normalized spacial score (nSPS) is 12.7. The zero-order chi connectivity index (χ0) is 19.6. The van der Waals surface area contributed by atoms with E-state index in [1.54, 1.807) is 11.8 Å². The van der Waals surface area contributed by atoms with Crippen LogP contribution < -0.4 is 0 Å². The highest BCUT2D eigenvalue weighted by Crippen LogP contribution is 2.27. The first-order chi connectivity index (χ1) is 13.1.